The minimum absolute atomic E-state index is 0.183. The fourth-order valence-corrected chi connectivity index (χ4v) is 1.93. The van der Waals surface area contributed by atoms with Gasteiger partial charge in [0.25, 0.3) is 0 Å². The van der Waals surface area contributed by atoms with E-state index in [1.54, 1.807) is 29.9 Å². The molecule has 0 saturated carbocycles. The standard InChI is InChI=1S/C10H10BrN3O/c1-14-9(12)5-7(13-14)10-6(11)3-2-4-8(10)15/h2-5,15H,12H2,1H3. The second-order valence-corrected chi connectivity index (χ2v) is 4.07. The summed E-state index contributed by atoms with van der Waals surface area (Å²) in [5.74, 6) is 0.739. The van der Waals surface area contributed by atoms with Crippen molar-refractivity contribution in [3.8, 4) is 17.0 Å². The Kier molecular flexibility index (Phi) is 2.40. The average molecular weight is 268 g/mol. The molecule has 15 heavy (non-hydrogen) atoms. The molecule has 0 bridgehead atoms. The van der Waals surface area contributed by atoms with Crippen molar-refractivity contribution in [2.24, 2.45) is 7.05 Å². The number of nitrogens with two attached hydrogens (primary N) is 1. The van der Waals surface area contributed by atoms with E-state index in [-0.39, 0.29) is 5.75 Å². The first kappa shape index (κ1) is 10.0. The third-order valence-electron chi connectivity index (χ3n) is 2.16. The van der Waals surface area contributed by atoms with Crippen LogP contribution >= 0.6 is 15.9 Å². The van der Waals surface area contributed by atoms with Crippen molar-refractivity contribution in [3.05, 3.63) is 28.7 Å². The molecule has 0 aliphatic heterocycles. The minimum atomic E-state index is 0.183. The number of aromatic hydroxyl groups is 1. The number of aromatic nitrogens is 2. The number of aryl methyl sites for hydroxylation is 1. The van der Waals surface area contributed by atoms with Gasteiger partial charge in [-0.15, -0.1) is 0 Å². The Morgan fingerprint density at radius 1 is 1.47 bits per heavy atom. The van der Waals surface area contributed by atoms with E-state index in [1.807, 2.05) is 6.07 Å². The summed E-state index contributed by atoms with van der Waals surface area (Å²) in [5, 5.41) is 13.9. The molecule has 0 fully saturated rings. The Hall–Kier alpha value is -1.49. The number of benzene rings is 1. The number of rotatable bonds is 1. The monoisotopic (exact) mass is 267 g/mol. The van der Waals surface area contributed by atoms with Crippen LogP contribution in [0.25, 0.3) is 11.3 Å². The zero-order valence-electron chi connectivity index (χ0n) is 8.11. The molecule has 1 heterocycles. The Balaban J connectivity index is 2.63. The van der Waals surface area contributed by atoms with Crippen LogP contribution in [0, 0.1) is 0 Å². The zero-order valence-corrected chi connectivity index (χ0v) is 9.69. The third-order valence-corrected chi connectivity index (χ3v) is 2.82. The second kappa shape index (κ2) is 3.58. The highest BCUT2D eigenvalue weighted by Crippen LogP contribution is 2.35. The molecular formula is C10H10BrN3O. The molecule has 3 N–H and O–H groups in total. The molecule has 0 atom stereocenters. The number of nitrogens with zero attached hydrogens (tertiary/aromatic N) is 2. The summed E-state index contributed by atoms with van der Waals surface area (Å²) in [6.07, 6.45) is 0. The Morgan fingerprint density at radius 2 is 2.20 bits per heavy atom. The summed E-state index contributed by atoms with van der Waals surface area (Å²) >= 11 is 3.37. The van der Waals surface area contributed by atoms with E-state index < -0.39 is 0 Å². The molecule has 5 heteroatoms. The van der Waals surface area contributed by atoms with E-state index in [1.165, 1.54) is 0 Å². The number of hydrogen-bond acceptors (Lipinski definition) is 3. The van der Waals surface area contributed by atoms with Crippen molar-refractivity contribution in [3.63, 3.8) is 0 Å². The lowest BCUT2D eigenvalue weighted by atomic mass is 10.1. The summed E-state index contributed by atoms with van der Waals surface area (Å²) in [6, 6.07) is 6.94. The highest BCUT2D eigenvalue weighted by molar-refractivity contribution is 9.10. The zero-order chi connectivity index (χ0) is 11.0. The van der Waals surface area contributed by atoms with E-state index in [4.69, 9.17) is 5.73 Å². The number of hydrogen-bond donors (Lipinski definition) is 2. The van der Waals surface area contributed by atoms with Crippen molar-refractivity contribution in [2.75, 3.05) is 5.73 Å². The second-order valence-electron chi connectivity index (χ2n) is 3.21. The first-order valence-electron chi connectivity index (χ1n) is 4.37. The van der Waals surface area contributed by atoms with Crippen molar-refractivity contribution in [1.29, 1.82) is 0 Å². The summed E-state index contributed by atoms with van der Waals surface area (Å²) in [5.41, 5.74) is 6.99. The fourth-order valence-electron chi connectivity index (χ4n) is 1.37. The minimum Gasteiger partial charge on any atom is -0.507 e. The van der Waals surface area contributed by atoms with Crippen LogP contribution in [0.2, 0.25) is 0 Å². The van der Waals surface area contributed by atoms with Gasteiger partial charge in [-0.25, -0.2) is 0 Å². The molecule has 1 aromatic carbocycles. The normalized spacial score (nSPS) is 10.5. The number of phenols is 1. The van der Waals surface area contributed by atoms with Gasteiger partial charge in [0, 0.05) is 17.6 Å². The van der Waals surface area contributed by atoms with E-state index >= 15 is 0 Å². The lowest BCUT2D eigenvalue weighted by Gasteiger charge is -2.02. The number of halogens is 1. The van der Waals surface area contributed by atoms with Crippen LogP contribution in [0.15, 0.2) is 28.7 Å². The maximum absolute atomic E-state index is 9.72. The summed E-state index contributed by atoms with van der Waals surface area (Å²) < 4.78 is 2.36. The van der Waals surface area contributed by atoms with Gasteiger partial charge in [0.1, 0.15) is 11.6 Å². The van der Waals surface area contributed by atoms with Crippen LogP contribution in [0.4, 0.5) is 5.82 Å². The third kappa shape index (κ3) is 1.70. The Morgan fingerprint density at radius 3 is 2.73 bits per heavy atom. The predicted molar refractivity (Wildman–Crippen MR) is 62.4 cm³/mol. The van der Waals surface area contributed by atoms with Gasteiger partial charge in [-0.1, -0.05) is 6.07 Å². The summed E-state index contributed by atoms with van der Waals surface area (Å²) in [4.78, 5) is 0. The maximum atomic E-state index is 9.72. The molecule has 0 amide bonds. The van der Waals surface area contributed by atoms with Crippen LogP contribution in [-0.2, 0) is 7.05 Å². The van der Waals surface area contributed by atoms with Gasteiger partial charge in [0.05, 0.1) is 11.3 Å². The highest BCUT2D eigenvalue weighted by Gasteiger charge is 2.12. The Bertz CT molecular complexity index is 468. The van der Waals surface area contributed by atoms with Crippen LogP contribution in [0.1, 0.15) is 0 Å². The van der Waals surface area contributed by atoms with Gasteiger partial charge >= 0.3 is 0 Å². The van der Waals surface area contributed by atoms with Crippen LogP contribution < -0.4 is 5.73 Å². The molecule has 4 nitrogen and oxygen atoms in total. The number of anilines is 1. The van der Waals surface area contributed by atoms with Crippen molar-refractivity contribution < 1.29 is 5.11 Å². The maximum Gasteiger partial charge on any atom is 0.126 e. The van der Waals surface area contributed by atoms with Gasteiger partial charge < -0.3 is 10.8 Å². The van der Waals surface area contributed by atoms with E-state index in [0.29, 0.717) is 17.1 Å². The van der Waals surface area contributed by atoms with Gasteiger partial charge in [0.15, 0.2) is 0 Å². The predicted octanol–water partition coefficient (Wildman–Crippen LogP) is 2.14. The summed E-state index contributed by atoms with van der Waals surface area (Å²) in [7, 11) is 1.76. The molecule has 0 radical (unpaired) electrons. The lowest BCUT2D eigenvalue weighted by Crippen LogP contribution is -1.96. The topological polar surface area (TPSA) is 64.1 Å². The van der Waals surface area contributed by atoms with Crippen molar-refractivity contribution >= 4 is 21.7 Å². The molecule has 2 rings (SSSR count). The van der Waals surface area contributed by atoms with Crippen molar-refractivity contribution in [2.45, 2.75) is 0 Å². The van der Waals surface area contributed by atoms with Crippen LogP contribution in [0.3, 0.4) is 0 Å². The molecule has 0 unspecified atom stereocenters. The van der Waals surface area contributed by atoms with E-state index in [9.17, 15) is 5.11 Å². The summed E-state index contributed by atoms with van der Waals surface area (Å²) in [6.45, 7) is 0. The highest BCUT2D eigenvalue weighted by atomic mass is 79.9. The SMILES string of the molecule is Cn1nc(-c2c(O)cccc2Br)cc1N. The molecular weight excluding hydrogens is 258 g/mol. The molecule has 0 aliphatic carbocycles. The molecule has 0 aliphatic rings. The lowest BCUT2D eigenvalue weighted by molar-refractivity contribution is 0.476. The van der Waals surface area contributed by atoms with Crippen LogP contribution in [0.5, 0.6) is 5.75 Å². The van der Waals surface area contributed by atoms with Gasteiger partial charge in [0.2, 0.25) is 0 Å². The largest absolute Gasteiger partial charge is 0.507 e. The average Bonchev–Trinajstić information content (AvgIpc) is 2.46. The smallest absolute Gasteiger partial charge is 0.126 e. The first-order valence-corrected chi connectivity index (χ1v) is 5.16. The van der Waals surface area contributed by atoms with Crippen molar-refractivity contribution in [1.82, 2.24) is 9.78 Å². The van der Waals surface area contributed by atoms with E-state index in [0.717, 1.165) is 4.47 Å². The van der Waals surface area contributed by atoms with E-state index in [2.05, 4.69) is 21.0 Å². The quantitative estimate of drug-likeness (QED) is 0.832. The molecule has 1 aromatic heterocycles. The van der Waals surface area contributed by atoms with Gasteiger partial charge in [-0.3, -0.25) is 4.68 Å². The van der Waals surface area contributed by atoms with Gasteiger partial charge in [-0.2, -0.15) is 5.10 Å². The number of nitrogen functional groups attached to an aromatic ring is 1. The molecule has 0 spiro atoms. The molecule has 2 aromatic rings. The van der Waals surface area contributed by atoms with Crippen LogP contribution in [-0.4, -0.2) is 14.9 Å². The first-order chi connectivity index (χ1) is 7.09. The number of phenolic OH excluding ortho intramolecular Hbond substituents is 1. The Labute approximate surface area is 95.5 Å². The molecule has 0 saturated heterocycles. The molecule has 78 valence electrons. The fraction of sp³-hybridized carbons (Fsp3) is 0.100. The van der Waals surface area contributed by atoms with Gasteiger partial charge in [-0.05, 0) is 28.1 Å².